The largest absolute Gasteiger partial charge is 0.496 e. The lowest BCUT2D eigenvalue weighted by atomic mass is 9.88. The molecule has 0 saturated heterocycles. The first-order chi connectivity index (χ1) is 10.8. The van der Waals surface area contributed by atoms with E-state index in [1.165, 1.54) is 11.1 Å². The first kappa shape index (κ1) is 13.9. The first-order valence-electron chi connectivity index (χ1n) is 7.26. The van der Waals surface area contributed by atoms with E-state index < -0.39 is 0 Å². The topological polar surface area (TPSA) is 39.7 Å². The van der Waals surface area contributed by atoms with Crippen molar-refractivity contribution in [3.8, 4) is 17.2 Å². The highest BCUT2D eigenvalue weighted by Crippen LogP contribution is 2.45. The fourth-order valence-electron chi connectivity index (χ4n) is 3.25. The highest BCUT2D eigenvalue weighted by molar-refractivity contribution is 9.10. The molecule has 2 aromatic rings. The lowest BCUT2D eigenvalue weighted by molar-refractivity contribution is 0.173. The lowest BCUT2D eigenvalue weighted by Gasteiger charge is -2.30. The van der Waals surface area contributed by atoms with Gasteiger partial charge in [-0.2, -0.15) is 0 Å². The average molecular weight is 362 g/mol. The number of hydrogen-bond donors (Lipinski definition) is 1. The molecule has 0 amide bonds. The molecule has 0 spiro atoms. The number of halogens is 1. The molecule has 0 saturated carbocycles. The Morgan fingerprint density at radius 2 is 2.14 bits per heavy atom. The molecule has 2 aliphatic heterocycles. The van der Waals surface area contributed by atoms with Crippen molar-refractivity contribution < 1.29 is 14.2 Å². The van der Waals surface area contributed by atoms with Crippen LogP contribution in [-0.4, -0.2) is 20.4 Å². The molecule has 4 nitrogen and oxygen atoms in total. The lowest BCUT2D eigenvalue weighted by Crippen LogP contribution is -2.31. The molecule has 5 heteroatoms. The Hall–Kier alpha value is -1.72. The maximum absolute atomic E-state index is 5.69. The fraction of sp³-hybridized carbons (Fsp3) is 0.294. The highest BCUT2D eigenvalue weighted by Gasteiger charge is 2.31. The average Bonchev–Trinajstić information content (AvgIpc) is 3.03. The van der Waals surface area contributed by atoms with Crippen molar-refractivity contribution in [1.82, 2.24) is 5.32 Å². The molecule has 0 fully saturated rings. The predicted molar refractivity (Wildman–Crippen MR) is 86.8 cm³/mol. The molecule has 2 aliphatic rings. The van der Waals surface area contributed by atoms with Crippen LogP contribution in [0.3, 0.4) is 0 Å². The summed E-state index contributed by atoms with van der Waals surface area (Å²) in [6.07, 6.45) is 0.968. The number of fused-ring (bicyclic) bond motifs is 2. The second-order valence-corrected chi connectivity index (χ2v) is 6.21. The van der Waals surface area contributed by atoms with Crippen LogP contribution in [0.4, 0.5) is 0 Å². The zero-order valence-corrected chi connectivity index (χ0v) is 13.8. The summed E-state index contributed by atoms with van der Waals surface area (Å²) in [4.78, 5) is 0. The monoisotopic (exact) mass is 361 g/mol. The normalized spacial score (nSPS) is 18.9. The quantitative estimate of drug-likeness (QED) is 0.889. The van der Waals surface area contributed by atoms with Gasteiger partial charge in [-0.3, -0.25) is 0 Å². The van der Waals surface area contributed by atoms with Crippen molar-refractivity contribution in [2.24, 2.45) is 0 Å². The molecule has 1 unspecified atom stereocenters. The summed E-state index contributed by atoms with van der Waals surface area (Å²) in [5.41, 5.74) is 3.55. The van der Waals surface area contributed by atoms with Gasteiger partial charge in [0.2, 0.25) is 6.79 Å². The molecule has 114 valence electrons. The van der Waals surface area contributed by atoms with Gasteiger partial charge in [-0.15, -0.1) is 0 Å². The van der Waals surface area contributed by atoms with Crippen molar-refractivity contribution in [2.75, 3.05) is 20.4 Å². The van der Waals surface area contributed by atoms with Crippen LogP contribution < -0.4 is 19.5 Å². The van der Waals surface area contributed by atoms with Gasteiger partial charge in [-0.1, -0.05) is 28.1 Å². The van der Waals surface area contributed by atoms with E-state index >= 15 is 0 Å². The van der Waals surface area contributed by atoms with Gasteiger partial charge in [0.15, 0.2) is 11.5 Å². The minimum Gasteiger partial charge on any atom is -0.496 e. The van der Waals surface area contributed by atoms with Crippen LogP contribution in [0.5, 0.6) is 17.2 Å². The highest BCUT2D eigenvalue weighted by atomic mass is 79.9. The van der Waals surface area contributed by atoms with Crippen molar-refractivity contribution >= 4 is 15.9 Å². The molecule has 0 aliphatic carbocycles. The van der Waals surface area contributed by atoms with Crippen LogP contribution in [0, 0.1) is 0 Å². The minimum atomic E-state index is 0.0350. The maximum Gasteiger partial charge on any atom is 0.231 e. The van der Waals surface area contributed by atoms with Gasteiger partial charge in [0, 0.05) is 22.1 Å². The summed E-state index contributed by atoms with van der Waals surface area (Å²) in [5, 5.41) is 3.59. The Morgan fingerprint density at radius 3 is 3.00 bits per heavy atom. The number of benzene rings is 2. The summed E-state index contributed by atoms with van der Waals surface area (Å²) in [5.74, 6) is 2.53. The van der Waals surface area contributed by atoms with Crippen LogP contribution in [0.25, 0.3) is 0 Å². The third-order valence-electron chi connectivity index (χ3n) is 4.23. The van der Waals surface area contributed by atoms with Gasteiger partial charge in [-0.05, 0) is 30.2 Å². The molecular weight excluding hydrogens is 346 g/mol. The maximum atomic E-state index is 5.69. The summed E-state index contributed by atoms with van der Waals surface area (Å²) < 4.78 is 17.9. The van der Waals surface area contributed by atoms with Gasteiger partial charge in [-0.25, -0.2) is 0 Å². The van der Waals surface area contributed by atoms with Crippen molar-refractivity contribution in [3.63, 3.8) is 0 Å². The Kier molecular flexibility index (Phi) is 3.47. The summed E-state index contributed by atoms with van der Waals surface area (Å²) in [7, 11) is 1.71. The van der Waals surface area contributed by atoms with E-state index in [-0.39, 0.29) is 12.8 Å². The predicted octanol–water partition coefficient (Wildman–Crippen LogP) is 3.42. The second-order valence-electron chi connectivity index (χ2n) is 5.36. The number of rotatable bonds is 2. The smallest absolute Gasteiger partial charge is 0.231 e. The molecule has 0 aromatic heterocycles. The molecular formula is C17H16BrNO3. The van der Waals surface area contributed by atoms with Gasteiger partial charge < -0.3 is 19.5 Å². The van der Waals surface area contributed by atoms with E-state index in [9.17, 15) is 0 Å². The second kappa shape index (κ2) is 5.48. The number of para-hydroxylation sites is 1. The Morgan fingerprint density at radius 1 is 1.23 bits per heavy atom. The van der Waals surface area contributed by atoms with Crippen molar-refractivity contribution in [2.45, 2.75) is 12.5 Å². The molecule has 2 heterocycles. The fourth-order valence-corrected chi connectivity index (χ4v) is 3.80. The zero-order valence-electron chi connectivity index (χ0n) is 12.2. The van der Waals surface area contributed by atoms with E-state index in [2.05, 4.69) is 33.4 Å². The SMILES string of the molecule is COc1ccc(Br)c2c1C(c1cccc3c1OCO3)NCC2. The molecule has 1 atom stereocenters. The summed E-state index contributed by atoms with van der Waals surface area (Å²) >= 11 is 3.67. The Labute approximate surface area is 137 Å². The summed E-state index contributed by atoms with van der Waals surface area (Å²) in [6, 6.07) is 10.1. The van der Waals surface area contributed by atoms with E-state index in [4.69, 9.17) is 14.2 Å². The third kappa shape index (κ3) is 2.08. The van der Waals surface area contributed by atoms with Crippen LogP contribution in [-0.2, 0) is 6.42 Å². The van der Waals surface area contributed by atoms with Gasteiger partial charge in [0.1, 0.15) is 5.75 Å². The zero-order chi connectivity index (χ0) is 15.1. The van der Waals surface area contributed by atoms with Crippen LogP contribution in [0.15, 0.2) is 34.8 Å². The van der Waals surface area contributed by atoms with Crippen LogP contribution in [0.2, 0.25) is 0 Å². The Bertz CT molecular complexity index is 732. The van der Waals surface area contributed by atoms with E-state index in [1.807, 2.05) is 18.2 Å². The van der Waals surface area contributed by atoms with Gasteiger partial charge >= 0.3 is 0 Å². The van der Waals surface area contributed by atoms with Crippen molar-refractivity contribution in [3.05, 3.63) is 51.5 Å². The third-order valence-corrected chi connectivity index (χ3v) is 4.97. The molecule has 0 bridgehead atoms. The molecule has 0 radical (unpaired) electrons. The molecule has 1 N–H and O–H groups in total. The van der Waals surface area contributed by atoms with E-state index in [1.54, 1.807) is 7.11 Å². The molecule has 4 rings (SSSR count). The number of nitrogens with one attached hydrogen (secondary N) is 1. The van der Waals surface area contributed by atoms with E-state index in [0.717, 1.165) is 40.3 Å². The molecule has 2 aromatic carbocycles. The van der Waals surface area contributed by atoms with Gasteiger partial charge in [0.25, 0.3) is 0 Å². The van der Waals surface area contributed by atoms with Crippen molar-refractivity contribution in [1.29, 1.82) is 0 Å². The number of hydrogen-bond acceptors (Lipinski definition) is 4. The van der Waals surface area contributed by atoms with E-state index in [0.29, 0.717) is 0 Å². The standard InChI is InChI=1S/C17H16BrNO3/c1-20-13-6-5-12(18)10-7-8-19-16(15(10)13)11-3-2-4-14-17(11)22-9-21-14/h2-6,16,19H,7-9H2,1H3. The first-order valence-corrected chi connectivity index (χ1v) is 8.06. The molecule has 22 heavy (non-hydrogen) atoms. The minimum absolute atomic E-state index is 0.0350. The van der Waals surface area contributed by atoms with Crippen LogP contribution in [0.1, 0.15) is 22.7 Å². The number of methoxy groups -OCH3 is 1. The van der Waals surface area contributed by atoms with Crippen LogP contribution >= 0.6 is 15.9 Å². The summed E-state index contributed by atoms with van der Waals surface area (Å²) in [6.45, 7) is 1.19. The number of ether oxygens (including phenoxy) is 3. The van der Waals surface area contributed by atoms with Gasteiger partial charge in [0.05, 0.1) is 13.2 Å². The Balaban J connectivity index is 1.90.